The van der Waals surface area contributed by atoms with Crippen LogP contribution in [0, 0.1) is 5.92 Å². The van der Waals surface area contributed by atoms with Gasteiger partial charge in [-0.15, -0.1) is 11.3 Å². The zero-order valence-electron chi connectivity index (χ0n) is 12.7. The molecule has 4 heteroatoms. The van der Waals surface area contributed by atoms with Crippen molar-refractivity contribution < 1.29 is 9.53 Å². The van der Waals surface area contributed by atoms with Gasteiger partial charge in [0.2, 0.25) is 5.90 Å². The summed E-state index contributed by atoms with van der Waals surface area (Å²) in [5, 5.41) is 1.22. The van der Waals surface area contributed by atoms with E-state index in [-0.39, 0.29) is 17.8 Å². The summed E-state index contributed by atoms with van der Waals surface area (Å²) in [4.78, 5) is 17.9. The quantitative estimate of drug-likeness (QED) is 0.789. The van der Waals surface area contributed by atoms with Crippen LogP contribution in [0.5, 0.6) is 0 Å². The first kappa shape index (κ1) is 14.3. The van der Waals surface area contributed by atoms with Gasteiger partial charge in [-0.1, -0.05) is 32.0 Å². The van der Waals surface area contributed by atoms with Crippen molar-refractivity contribution >= 4 is 33.3 Å². The average Bonchev–Trinajstić information content (AvgIpc) is 3.01. The maximum Gasteiger partial charge on any atom is 0.340 e. The van der Waals surface area contributed by atoms with E-state index in [0.717, 1.165) is 0 Å². The number of ether oxygens (including phenoxy) is 1. The van der Waals surface area contributed by atoms with Gasteiger partial charge in [0.25, 0.3) is 0 Å². The Labute approximate surface area is 128 Å². The number of rotatable bonds is 3. The Bertz CT molecular complexity index is 698. The van der Waals surface area contributed by atoms with Gasteiger partial charge in [-0.05, 0) is 37.3 Å². The zero-order chi connectivity index (χ0) is 15.2. The monoisotopic (exact) mass is 301 g/mol. The first-order valence-corrected chi connectivity index (χ1v) is 8.04. The van der Waals surface area contributed by atoms with E-state index in [4.69, 9.17) is 4.74 Å². The fourth-order valence-electron chi connectivity index (χ4n) is 2.38. The molecule has 0 saturated heterocycles. The Kier molecular flexibility index (Phi) is 3.36. The van der Waals surface area contributed by atoms with Crippen LogP contribution in [0.25, 0.3) is 10.1 Å². The van der Waals surface area contributed by atoms with E-state index in [1.54, 1.807) is 11.3 Å². The number of aliphatic imine (C=N–C) groups is 1. The van der Waals surface area contributed by atoms with Crippen LogP contribution in [0.2, 0.25) is 0 Å². The van der Waals surface area contributed by atoms with Gasteiger partial charge in [0.15, 0.2) is 5.54 Å². The molecule has 2 atom stereocenters. The lowest BCUT2D eigenvalue weighted by molar-refractivity contribution is -0.140. The van der Waals surface area contributed by atoms with Gasteiger partial charge >= 0.3 is 5.97 Å². The molecule has 3 rings (SSSR count). The van der Waals surface area contributed by atoms with Crippen molar-refractivity contribution in [2.24, 2.45) is 10.9 Å². The fourth-order valence-corrected chi connectivity index (χ4v) is 3.49. The Morgan fingerprint density at radius 2 is 1.95 bits per heavy atom. The number of cyclic esters (lactones) is 1. The van der Waals surface area contributed by atoms with Gasteiger partial charge in [-0.2, -0.15) is 0 Å². The maximum absolute atomic E-state index is 12.1. The molecule has 0 spiro atoms. The molecule has 0 N–H and O–H groups in total. The van der Waals surface area contributed by atoms with Crippen molar-refractivity contribution in [2.45, 2.75) is 39.2 Å². The molecule has 0 amide bonds. The van der Waals surface area contributed by atoms with Gasteiger partial charge in [-0.25, -0.2) is 9.79 Å². The summed E-state index contributed by atoms with van der Waals surface area (Å²) in [5.74, 6) is 0.437. The van der Waals surface area contributed by atoms with Gasteiger partial charge in [0, 0.05) is 9.58 Å². The minimum atomic E-state index is -0.750. The van der Waals surface area contributed by atoms with Crippen LogP contribution in [0.4, 0.5) is 0 Å². The van der Waals surface area contributed by atoms with Crippen LogP contribution in [0.1, 0.15) is 38.5 Å². The van der Waals surface area contributed by atoms with Crippen molar-refractivity contribution in [3.63, 3.8) is 0 Å². The average molecular weight is 301 g/mol. The molecule has 110 valence electrons. The predicted octanol–water partition coefficient (Wildman–Crippen LogP) is 4.37. The Balaban J connectivity index is 1.95. The number of benzene rings is 1. The molecule has 0 fully saturated rings. The lowest BCUT2D eigenvalue weighted by Gasteiger charge is -2.19. The topological polar surface area (TPSA) is 38.7 Å². The van der Waals surface area contributed by atoms with E-state index < -0.39 is 5.54 Å². The van der Waals surface area contributed by atoms with Crippen LogP contribution < -0.4 is 0 Å². The van der Waals surface area contributed by atoms with E-state index in [1.165, 1.54) is 15.0 Å². The summed E-state index contributed by atoms with van der Waals surface area (Å²) in [6, 6.07) is 10.4. The van der Waals surface area contributed by atoms with Crippen LogP contribution in [0.15, 0.2) is 35.3 Å². The molecule has 2 unspecified atom stereocenters. The molecule has 2 heterocycles. The normalized spacial score (nSPS) is 23.5. The van der Waals surface area contributed by atoms with E-state index in [2.05, 4.69) is 23.2 Å². The van der Waals surface area contributed by atoms with Crippen molar-refractivity contribution in [1.82, 2.24) is 0 Å². The predicted molar refractivity (Wildman–Crippen MR) is 87.0 cm³/mol. The van der Waals surface area contributed by atoms with Crippen molar-refractivity contribution in [2.75, 3.05) is 0 Å². The second-order valence-electron chi connectivity index (χ2n) is 6.05. The summed E-state index contributed by atoms with van der Waals surface area (Å²) >= 11 is 1.73. The number of fused-ring (bicyclic) bond motifs is 1. The molecule has 0 bridgehead atoms. The first-order chi connectivity index (χ1) is 9.91. The summed E-state index contributed by atoms with van der Waals surface area (Å²) in [5.41, 5.74) is -0.750. The Morgan fingerprint density at radius 3 is 2.57 bits per heavy atom. The number of hydrogen-bond acceptors (Lipinski definition) is 4. The smallest absolute Gasteiger partial charge is 0.340 e. The Morgan fingerprint density at radius 1 is 1.24 bits per heavy atom. The highest BCUT2D eigenvalue weighted by molar-refractivity contribution is 7.19. The van der Waals surface area contributed by atoms with Crippen LogP contribution in [0.3, 0.4) is 0 Å². The van der Waals surface area contributed by atoms with Gasteiger partial charge in [-0.3, -0.25) is 0 Å². The molecule has 0 saturated carbocycles. The fraction of sp³-hybridized carbons (Fsp3) is 0.412. The van der Waals surface area contributed by atoms with Crippen LogP contribution >= 0.6 is 11.3 Å². The van der Waals surface area contributed by atoms with Gasteiger partial charge in [0.1, 0.15) is 0 Å². The minimum absolute atomic E-state index is 0.00641. The summed E-state index contributed by atoms with van der Waals surface area (Å²) < 4.78 is 6.71. The number of carbonyl (C=O) groups is 1. The molecule has 1 aromatic heterocycles. The molecule has 21 heavy (non-hydrogen) atoms. The molecular formula is C17H19NO2S. The molecule has 1 aromatic carbocycles. The standard InChI is InChI=1S/C17H19NO2S/c1-10(2)17(4)16(19)20-15(18-17)11(3)14-9-12-7-5-6-8-13(12)21-14/h5-11H,1-4H3. The third-order valence-corrected chi connectivity index (χ3v) is 5.62. The highest BCUT2D eigenvalue weighted by Crippen LogP contribution is 2.36. The number of hydrogen-bond donors (Lipinski definition) is 0. The number of esters is 1. The second-order valence-corrected chi connectivity index (χ2v) is 7.17. The maximum atomic E-state index is 12.1. The van der Waals surface area contributed by atoms with Gasteiger partial charge in [0.05, 0.1) is 5.92 Å². The molecule has 1 aliphatic rings. The van der Waals surface area contributed by atoms with E-state index in [1.807, 2.05) is 39.8 Å². The van der Waals surface area contributed by atoms with Crippen LogP contribution in [-0.2, 0) is 9.53 Å². The number of thiophene rings is 1. The lowest BCUT2D eigenvalue weighted by Crippen LogP contribution is -2.35. The van der Waals surface area contributed by atoms with Crippen molar-refractivity contribution in [3.8, 4) is 0 Å². The van der Waals surface area contributed by atoms with Gasteiger partial charge < -0.3 is 4.74 Å². The van der Waals surface area contributed by atoms with Crippen molar-refractivity contribution in [1.29, 1.82) is 0 Å². The molecule has 3 nitrogen and oxygen atoms in total. The SMILES string of the molecule is CC(C1=NC(C)(C(C)C)C(=O)O1)c1cc2ccccc2s1. The van der Waals surface area contributed by atoms with Crippen LogP contribution in [-0.4, -0.2) is 17.4 Å². The van der Waals surface area contributed by atoms with E-state index >= 15 is 0 Å². The minimum Gasteiger partial charge on any atom is -0.409 e. The summed E-state index contributed by atoms with van der Waals surface area (Å²) in [6.07, 6.45) is 0. The van der Waals surface area contributed by atoms with E-state index in [0.29, 0.717) is 5.90 Å². The lowest BCUT2D eigenvalue weighted by atomic mass is 9.90. The largest absolute Gasteiger partial charge is 0.409 e. The highest BCUT2D eigenvalue weighted by atomic mass is 32.1. The molecule has 2 aromatic rings. The summed E-state index contributed by atoms with van der Waals surface area (Å²) in [7, 11) is 0. The molecule has 0 radical (unpaired) electrons. The van der Waals surface area contributed by atoms with Crippen molar-refractivity contribution in [3.05, 3.63) is 35.2 Å². The zero-order valence-corrected chi connectivity index (χ0v) is 13.5. The summed E-state index contributed by atoms with van der Waals surface area (Å²) in [6.45, 7) is 7.89. The molecule has 0 aliphatic carbocycles. The second kappa shape index (κ2) is 4.95. The Hall–Kier alpha value is -1.68. The third kappa shape index (κ3) is 2.27. The number of nitrogens with zero attached hydrogens (tertiary/aromatic N) is 1. The first-order valence-electron chi connectivity index (χ1n) is 7.22. The molecular weight excluding hydrogens is 282 g/mol. The highest BCUT2D eigenvalue weighted by Gasteiger charge is 2.45. The third-order valence-electron chi connectivity index (χ3n) is 4.32. The van der Waals surface area contributed by atoms with E-state index in [9.17, 15) is 4.79 Å². The molecule has 1 aliphatic heterocycles. The number of carbonyl (C=O) groups excluding carboxylic acids is 1.